The number of aromatic hydroxyl groups is 1. The second-order valence-corrected chi connectivity index (χ2v) is 5.79. The van der Waals surface area contributed by atoms with Crippen LogP contribution in [0, 0.1) is 6.92 Å². The van der Waals surface area contributed by atoms with Crippen molar-refractivity contribution in [3.8, 4) is 5.75 Å². The Labute approximate surface area is 145 Å². The quantitative estimate of drug-likeness (QED) is 0.742. The van der Waals surface area contributed by atoms with E-state index in [1.807, 2.05) is 49.4 Å². The molecule has 1 N–H and O–H groups in total. The molecule has 128 valence electrons. The number of hydrogen-bond acceptors (Lipinski definition) is 4. The zero-order valence-electron chi connectivity index (χ0n) is 14.2. The van der Waals surface area contributed by atoms with E-state index in [0.29, 0.717) is 17.4 Å². The normalized spacial score (nSPS) is 10.8. The van der Waals surface area contributed by atoms with Crippen molar-refractivity contribution in [2.75, 3.05) is 6.61 Å². The summed E-state index contributed by atoms with van der Waals surface area (Å²) in [4.78, 5) is 25.2. The molecule has 0 aliphatic rings. The lowest BCUT2D eigenvalue weighted by Crippen LogP contribution is -2.28. The fraction of sp³-hybridized carbons (Fsp3) is 0.200. The van der Waals surface area contributed by atoms with Crippen LogP contribution in [-0.4, -0.2) is 22.2 Å². The summed E-state index contributed by atoms with van der Waals surface area (Å²) in [6.07, 6.45) is 0. The van der Waals surface area contributed by atoms with E-state index in [9.17, 15) is 14.7 Å². The summed E-state index contributed by atoms with van der Waals surface area (Å²) >= 11 is 0. The highest BCUT2D eigenvalue weighted by atomic mass is 16.5. The maximum absolute atomic E-state index is 12.9. The molecule has 3 rings (SSSR count). The monoisotopic (exact) mass is 337 g/mol. The van der Waals surface area contributed by atoms with Crippen molar-refractivity contribution in [3.63, 3.8) is 0 Å². The number of esters is 1. The molecule has 25 heavy (non-hydrogen) atoms. The number of carbonyl (C=O) groups excluding carboxylic acids is 1. The van der Waals surface area contributed by atoms with Crippen molar-refractivity contribution in [1.29, 1.82) is 0 Å². The van der Waals surface area contributed by atoms with Gasteiger partial charge >= 0.3 is 5.97 Å². The SMILES string of the molecule is CCOC(=O)c1c(O)c2c(C)cccc2n(Cc2ccccc2)c1=O. The van der Waals surface area contributed by atoms with Crippen LogP contribution in [0.3, 0.4) is 0 Å². The Hall–Kier alpha value is -3.08. The van der Waals surface area contributed by atoms with Gasteiger partial charge in [0.2, 0.25) is 0 Å². The van der Waals surface area contributed by atoms with Crippen molar-refractivity contribution < 1.29 is 14.6 Å². The van der Waals surface area contributed by atoms with Gasteiger partial charge in [0.05, 0.1) is 18.7 Å². The number of aryl methyl sites for hydroxylation is 1. The Morgan fingerprint density at radius 2 is 1.84 bits per heavy atom. The Kier molecular flexibility index (Phi) is 4.57. The summed E-state index contributed by atoms with van der Waals surface area (Å²) in [6.45, 7) is 3.91. The number of pyridine rings is 1. The molecule has 0 saturated carbocycles. The lowest BCUT2D eigenvalue weighted by atomic mass is 10.0. The molecule has 5 heteroatoms. The first-order valence-corrected chi connectivity index (χ1v) is 8.10. The Morgan fingerprint density at radius 1 is 1.12 bits per heavy atom. The molecule has 1 aromatic heterocycles. The number of aromatic nitrogens is 1. The highest BCUT2D eigenvalue weighted by Crippen LogP contribution is 2.30. The fourth-order valence-electron chi connectivity index (χ4n) is 2.97. The molecule has 0 aliphatic carbocycles. The van der Waals surface area contributed by atoms with Crippen LogP contribution in [0.15, 0.2) is 53.3 Å². The van der Waals surface area contributed by atoms with Gasteiger partial charge in [-0.3, -0.25) is 4.79 Å². The maximum atomic E-state index is 12.9. The van der Waals surface area contributed by atoms with Gasteiger partial charge in [-0.1, -0.05) is 42.5 Å². The second kappa shape index (κ2) is 6.81. The minimum absolute atomic E-state index is 0.127. The van der Waals surface area contributed by atoms with E-state index in [0.717, 1.165) is 11.1 Å². The third-order valence-corrected chi connectivity index (χ3v) is 4.14. The molecule has 0 fully saturated rings. The van der Waals surface area contributed by atoms with Crippen LogP contribution >= 0.6 is 0 Å². The van der Waals surface area contributed by atoms with E-state index < -0.39 is 11.5 Å². The Bertz CT molecular complexity index is 990. The number of fused-ring (bicyclic) bond motifs is 1. The smallest absolute Gasteiger partial charge is 0.347 e. The van der Waals surface area contributed by atoms with Gasteiger partial charge in [-0.2, -0.15) is 0 Å². The van der Waals surface area contributed by atoms with Crippen molar-refractivity contribution in [3.05, 3.63) is 75.6 Å². The first-order valence-electron chi connectivity index (χ1n) is 8.10. The van der Waals surface area contributed by atoms with Gasteiger partial charge in [-0.15, -0.1) is 0 Å². The zero-order valence-corrected chi connectivity index (χ0v) is 14.2. The van der Waals surface area contributed by atoms with E-state index in [-0.39, 0.29) is 17.9 Å². The first-order chi connectivity index (χ1) is 12.0. The average Bonchev–Trinajstić information content (AvgIpc) is 2.59. The molecule has 0 spiro atoms. The molecule has 0 amide bonds. The van der Waals surface area contributed by atoms with Gasteiger partial charge in [0.25, 0.3) is 5.56 Å². The molecule has 5 nitrogen and oxygen atoms in total. The number of ether oxygens (including phenoxy) is 1. The lowest BCUT2D eigenvalue weighted by molar-refractivity contribution is 0.0520. The summed E-state index contributed by atoms with van der Waals surface area (Å²) < 4.78 is 6.47. The predicted octanol–water partition coefficient (Wildman–Crippen LogP) is 3.24. The third-order valence-electron chi connectivity index (χ3n) is 4.14. The zero-order chi connectivity index (χ0) is 18.0. The highest BCUT2D eigenvalue weighted by molar-refractivity contribution is 6.00. The second-order valence-electron chi connectivity index (χ2n) is 5.79. The topological polar surface area (TPSA) is 68.5 Å². The number of carbonyl (C=O) groups is 1. The molecule has 0 radical (unpaired) electrons. The predicted molar refractivity (Wildman–Crippen MR) is 96.1 cm³/mol. The largest absolute Gasteiger partial charge is 0.506 e. The van der Waals surface area contributed by atoms with Crippen LogP contribution in [0.4, 0.5) is 0 Å². The summed E-state index contributed by atoms with van der Waals surface area (Å²) in [5.41, 5.74) is 1.41. The standard InChI is InChI=1S/C20H19NO4/c1-3-25-20(24)17-18(22)16-13(2)8-7-11-15(16)21(19(17)23)12-14-9-5-4-6-10-14/h4-11,22H,3,12H2,1-2H3. The number of benzene rings is 2. The van der Waals surface area contributed by atoms with E-state index in [1.165, 1.54) is 4.57 Å². The molecule has 3 aromatic rings. The van der Waals surface area contributed by atoms with E-state index in [4.69, 9.17) is 4.74 Å². The summed E-state index contributed by atoms with van der Waals surface area (Å²) in [5.74, 6) is -1.13. The average molecular weight is 337 g/mol. The third kappa shape index (κ3) is 3.01. The number of rotatable bonds is 4. The van der Waals surface area contributed by atoms with Gasteiger partial charge in [0.1, 0.15) is 5.75 Å². The summed E-state index contributed by atoms with van der Waals surface area (Å²) in [7, 11) is 0. The molecule has 1 heterocycles. The van der Waals surface area contributed by atoms with Crippen LogP contribution in [0.2, 0.25) is 0 Å². The van der Waals surface area contributed by atoms with Crippen molar-refractivity contribution in [1.82, 2.24) is 4.57 Å². The molecule has 0 atom stereocenters. The Morgan fingerprint density at radius 3 is 2.52 bits per heavy atom. The molecule has 0 unspecified atom stereocenters. The van der Waals surface area contributed by atoms with Gasteiger partial charge in [-0.05, 0) is 31.0 Å². The van der Waals surface area contributed by atoms with E-state index >= 15 is 0 Å². The van der Waals surface area contributed by atoms with Crippen molar-refractivity contribution in [2.24, 2.45) is 0 Å². The molecule has 0 bridgehead atoms. The van der Waals surface area contributed by atoms with Crippen molar-refractivity contribution in [2.45, 2.75) is 20.4 Å². The summed E-state index contributed by atoms with van der Waals surface area (Å²) in [5, 5.41) is 11.1. The number of hydrogen-bond donors (Lipinski definition) is 1. The van der Waals surface area contributed by atoms with Crippen LogP contribution in [-0.2, 0) is 11.3 Å². The molecule has 0 aliphatic heterocycles. The lowest BCUT2D eigenvalue weighted by Gasteiger charge is -2.16. The van der Waals surface area contributed by atoms with Crippen LogP contribution in [0.1, 0.15) is 28.4 Å². The van der Waals surface area contributed by atoms with Gasteiger partial charge in [-0.25, -0.2) is 4.79 Å². The first kappa shape index (κ1) is 16.8. The molecular formula is C20H19NO4. The highest BCUT2D eigenvalue weighted by Gasteiger charge is 2.24. The minimum Gasteiger partial charge on any atom is -0.506 e. The number of nitrogens with zero attached hydrogens (tertiary/aromatic N) is 1. The van der Waals surface area contributed by atoms with Crippen LogP contribution < -0.4 is 5.56 Å². The van der Waals surface area contributed by atoms with Crippen LogP contribution in [0.25, 0.3) is 10.9 Å². The van der Waals surface area contributed by atoms with Gasteiger partial charge in [0, 0.05) is 5.39 Å². The van der Waals surface area contributed by atoms with E-state index in [1.54, 1.807) is 13.0 Å². The fourth-order valence-corrected chi connectivity index (χ4v) is 2.97. The van der Waals surface area contributed by atoms with E-state index in [2.05, 4.69) is 0 Å². The van der Waals surface area contributed by atoms with Gasteiger partial charge < -0.3 is 14.4 Å². The molecule has 0 saturated heterocycles. The Balaban J connectivity index is 2.33. The van der Waals surface area contributed by atoms with Gasteiger partial charge in [0.15, 0.2) is 5.56 Å². The summed E-state index contributed by atoms with van der Waals surface area (Å²) in [6, 6.07) is 14.9. The molecular weight excluding hydrogens is 318 g/mol. The maximum Gasteiger partial charge on any atom is 0.347 e. The minimum atomic E-state index is -0.808. The molecule has 2 aromatic carbocycles. The van der Waals surface area contributed by atoms with Crippen LogP contribution in [0.5, 0.6) is 5.75 Å². The van der Waals surface area contributed by atoms with Crippen molar-refractivity contribution >= 4 is 16.9 Å².